The lowest BCUT2D eigenvalue weighted by atomic mass is 10.2. The van der Waals surface area contributed by atoms with E-state index < -0.39 is 34.9 Å². The Bertz CT molecular complexity index is 628. The molecule has 0 aliphatic rings. The maximum atomic E-state index is 13.4. The second-order valence-corrected chi connectivity index (χ2v) is 3.39. The number of ether oxygens (including phenoxy) is 1. The highest BCUT2D eigenvalue weighted by Gasteiger charge is 2.20. The van der Waals surface area contributed by atoms with Crippen LogP contribution in [0.25, 0.3) is 11.4 Å². The molecular formula is C11H7F3N2O3. The van der Waals surface area contributed by atoms with E-state index in [1.54, 1.807) is 6.92 Å². The quantitative estimate of drug-likeness (QED) is 0.633. The monoisotopic (exact) mass is 272 g/mol. The molecule has 1 heterocycles. The van der Waals surface area contributed by atoms with E-state index in [9.17, 15) is 18.0 Å². The fraction of sp³-hybridized carbons (Fsp3) is 0.182. The minimum absolute atomic E-state index is 0.0933. The zero-order chi connectivity index (χ0) is 14.0. The van der Waals surface area contributed by atoms with Crippen molar-refractivity contribution in [2.75, 3.05) is 6.61 Å². The van der Waals surface area contributed by atoms with E-state index in [1.165, 1.54) is 0 Å². The van der Waals surface area contributed by atoms with Crippen LogP contribution in [-0.2, 0) is 4.74 Å². The number of nitrogens with zero attached hydrogens (tertiary/aromatic N) is 2. The van der Waals surface area contributed by atoms with Crippen molar-refractivity contribution in [2.45, 2.75) is 6.92 Å². The number of hydrogen-bond donors (Lipinski definition) is 0. The molecule has 0 aliphatic heterocycles. The standard InChI is InChI=1S/C11H7F3N2O3/c1-2-18-11(17)10-15-9(16-19-10)5-3-7(13)8(14)4-6(5)12/h3-4H,2H2,1H3. The molecule has 0 amide bonds. The zero-order valence-corrected chi connectivity index (χ0v) is 9.61. The molecule has 1 aromatic heterocycles. The Morgan fingerprint density at radius 3 is 2.63 bits per heavy atom. The summed E-state index contributed by atoms with van der Waals surface area (Å²) < 4.78 is 48.3. The van der Waals surface area contributed by atoms with Crippen LogP contribution in [0.2, 0.25) is 0 Å². The molecule has 2 rings (SSSR count). The Hall–Kier alpha value is -2.38. The fourth-order valence-corrected chi connectivity index (χ4v) is 1.30. The van der Waals surface area contributed by atoms with Crippen LogP contribution >= 0.6 is 0 Å². The molecule has 100 valence electrons. The molecule has 0 atom stereocenters. The van der Waals surface area contributed by atoms with Crippen molar-refractivity contribution in [3.63, 3.8) is 0 Å². The molecule has 2 aromatic rings. The summed E-state index contributed by atoms with van der Waals surface area (Å²) in [4.78, 5) is 14.8. The number of carbonyl (C=O) groups excluding carboxylic acids is 1. The number of halogens is 3. The van der Waals surface area contributed by atoms with Crippen molar-refractivity contribution in [2.24, 2.45) is 0 Å². The fourth-order valence-electron chi connectivity index (χ4n) is 1.30. The van der Waals surface area contributed by atoms with Crippen molar-refractivity contribution < 1.29 is 27.2 Å². The van der Waals surface area contributed by atoms with Crippen LogP contribution < -0.4 is 0 Å². The van der Waals surface area contributed by atoms with Crippen LogP contribution in [0.15, 0.2) is 16.7 Å². The predicted octanol–water partition coefficient (Wildman–Crippen LogP) is 2.33. The molecule has 1 aromatic carbocycles. The molecule has 0 fully saturated rings. The smallest absolute Gasteiger partial charge is 0.397 e. The Kier molecular flexibility index (Phi) is 3.50. The first-order chi connectivity index (χ1) is 9.02. The molecule has 0 unspecified atom stereocenters. The third-order valence-corrected chi connectivity index (χ3v) is 2.13. The third-order valence-electron chi connectivity index (χ3n) is 2.13. The first-order valence-corrected chi connectivity index (χ1v) is 5.18. The molecule has 0 saturated carbocycles. The van der Waals surface area contributed by atoms with Gasteiger partial charge in [-0.05, 0) is 13.0 Å². The van der Waals surface area contributed by atoms with Gasteiger partial charge in [0.25, 0.3) is 0 Å². The molecule has 0 aliphatic carbocycles. The van der Waals surface area contributed by atoms with E-state index in [2.05, 4.69) is 19.4 Å². The molecule has 0 saturated heterocycles. The van der Waals surface area contributed by atoms with Crippen molar-refractivity contribution in [3.8, 4) is 11.4 Å². The number of esters is 1. The van der Waals surface area contributed by atoms with Crippen LogP contribution in [0.3, 0.4) is 0 Å². The first kappa shape index (κ1) is 13.1. The van der Waals surface area contributed by atoms with E-state index in [-0.39, 0.29) is 12.4 Å². The maximum absolute atomic E-state index is 13.4. The second-order valence-electron chi connectivity index (χ2n) is 3.39. The van der Waals surface area contributed by atoms with Crippen molar-refractivity contribution in [1.29, 1.82) is 0 Å². The normalized spacial score (nSPS) is 10.5. The predicted molar refractivity (Wildman–Crippen MR) is 55.6 cm³/mol. The Labute approximate surface area is 105 Å². The molecule has 0 N–H and O–H groups in total. The first-order valence-electron chi connectivity index (χ1n) is 5.18. The third kappa shape index (κ3) is 2.56. The van der Waals surface area contributed by atoms with Crippen molar-refractivity contribution in [1.82, 2.24) is 10.1 Å². The van der Waals surface area contributed by atoms with Gasteiger partial charge in [-0.2, -0.15) is 4.98 Å². The van der Waals surface area contributed by atoms with E-state index >= 15 is 0 Å². The molecule has 19 heavy (non-hydrogen) atoms. The zero-order valence-electron chi connectivity index (χ0n) is 9.61. The van der Waals surface area contributed by atoms with Gasteiger partial charge in [-0.1, -0.05) is 5.16 Å². The van der Waals surface area contributed by atoms with Crippen LogP contribution in [0.4, 0.5) is 13.2 Å². The van der Waals surface area contributed by atoms with Gasteiger partial charge in [0, 0.05) is 6.07 Å². The van der Waals surface area contributed by atoms with Crippen LogP contribution in [0.5, 0.6) is 0 Å². The van der Waals surface area contributed by atoms with E-state index in [0.29, 0.717) is 12.1 Å². The van der Waals surface area contributed by atoms with Gasteiger partial charge < -0.3 is 9.26 Å². The molecule has 0 spiro atoms. The Morgan fingerprint density at radius 1 is 1.26 bits per heavy atom. The summed E-state index contributed by atoms with van der Waals surface area (Å²) >= 11 is 0. The molecule has 8 heteroatoms. The van der Waals surface area contributed by atoms with E-state index in [1.807, 2.05) is 0 Å². The number of carbonyl (C=O) groups is 1. The van der Waals surface area contributed by atoms with Crippen molar-refractivity contribution >= 4 is 5.97 Å². The highest BCUT2D eigenvalue weighted by Crippen LogP contribution is 2.22. The van der Waals surface area contributed by atoms with Gasteiger partial charge in [0.1, 0.15) is 5.82 Å². The number of rotatable bonds is 3. The lowest BCUT2D eigenvalue weighted by Crippen LogP contribution is -2.04. The van der Waals surface area contributed by atoms with Gasteiger partial charge in [-0.25, -0.2) is 18.0 Å². The summed E-state index contributed by atoms with van der Waals surface area (Å²) in [5.41, 5.74) is -0.418. The van der Waals surface area contributed by atoms with Gasteiger partial charge in [0.05, 0.1) is 12.2 Å². The summed E-state index contributed by atoms with van der Waals surface area (Å²) in [6.07, 6.45) is 0. The van der Waals surface area contributed by atoms with Crippen LogP contribution in [0.1, 0.15) is 17.6 Å². The van der Waals surface area contributed by atoms with Gasteiger partial charge >= 0.3 is 11.9 Å². The molecular weight excluding hydrogens is 265 g/mol. The summed E-state index contributed by atoms with van der Waals surface area (Å²) in [6, 6.07) is 0.926. The van der Waals surface area contributed by atoms with Gasteiger partial charge in [-0.15, -0.1) is 0 Å². The lowest BCUT2D eigenvalue weighted by Gasteiger charge is -1.98. The summed E-state index contributed by atoms with van der Waals surface area (Å²) in [5, 5.41) is 3.31. The molecule has 5 nitrogen and oxygen atoms in total. The van der Waals surface area contributed by atoms with Gasteiger partial charge in [-0.3, -0.25) is 0 Å². The SMILES string of the molecule is CCOC(=O)c1nc(-c2cc(F)c(F)cc2F)no1. The summed E-state index contributed by atoms with van der Waals surface area (Å²) in [6.45, 7) is 1.67. The topological polar surface area (TPSA) is 65.2 Å². The number of hydrogen-bond acceptors (Lipinski definition) is 5. The van der Waals surface area contributed by atoms with Crippen LogP contribution in [-0.4, -0.2) is 22.7 Å². The average molecular weight is 272 g/mol. The Morgan fingerprint density at radius 2 is 1.95 bits per heavy atom. The van der Waals surface area contributed by atoms with Gasteiger partial charge in [0.15, 0.2) is 11.6 Å². The number of aromatic nitrogens is 2. The van der Waals surface area contributed by atoms with E-state index in [0.717, 1.165) is 0 Å². The van der Waals surface area contributed by atoms with Crippen molar-refractivity contribution in [3.05, 3.63) is 35.5 Å². The largest absolute Gasteiger partial charge is 0.459 e. The second kappa shape index (κ2) is 5.09. The van der Waals surface area contributed by atoms with Gasteiger partial charge in [0.2, 0.25) is 5.82 Å². The molecule has 0 bridgehead atoms. The molecule has 0 radical (unpaired) electrons. The highest BCUT2D eigenvalue weighted by molar-refractivity contribution is 5.84. The van der Waals surface area contributed by atoms with Crippen LogP contribution in [0, 0.1) is 17.5 Å². The highest BCUT2D eigenvalue weighted by atomic mass is 19.2. The Balaban J connectivity index is 2.38. The summed E-state index contributed by atoms with van der Waals surface area (Å²) in [7, 11) is 0. The summed E-state index contributed by atoms with van der Waals surface area (Å²) in [5.74, 6) is -5.44. The van der Waals surface area contributed by atoms with E-state index in [4.69, 9.17) is 0 Å². The minimum atomic E-state index is -1.34. The average Bonchev–Trinajstić information content (AvgIpc) is 2.83. The minimum Gasteiger partial charge on any atom is -0.459 e. The number of benzene rings is 1. The lowest BCUT2D eigenvalue weighted by molar-refractivity contribution is 0.0470. The maximum Gasteiger partial charge on any atom is 0.397 e.